The quantitative estimate of drug-likeness (QED) is 0.870. The Bertz CT molecular complexity index is 427. The van der Waals surface area contributed by atoms with Gasteiger partial charge in [-0.05, 0) is 23.4 Å². The first kappa shape index (κ1) is 12.0. The zero-order valence-corrected chi connectivity index (χ0v) is 11.0. The fourth-order valence-electron chi connectivity index (χ4n) is 1.88. The molecule has 0 radical (unpaired) electrons. The molecule has 0 aromatic carbocycles. The molecule has 92 valence electrons. The van der Waals surface area contributed by atoms with E-state index < -0.39 is 0 Å². The summed E-state index contributed by atoms with van der Waals surface area (Å²) in [7, 11) is 3.59. The second kappa shape index (κ2) is 5.23. The molecule has 1 aliphatic rings. The van der Waals surface area contributed by atoms with Gasteiger partial charge in [0.2, 0.25) is 0 Å². The van der Waals surface area contributed by atoms with Crippen LogP contribution >= 0.6 is 11.3 Å². The highest BCUT2D eigenvalue weighted by molar-refractivity contribution is 7.10. The molecule has 0 spiro atoms. The van der Waals surface area contributed by atoms with Gasteiger partial charge in [-0.15, -0.1) is 11.3 Å². The fraction of sp³-hybridized carbons (Fsp3) is 0.417. The van der Waals surface area contributed by atoms with Crippen LogP contribution in [0.3, 0.4) is 0 Å². The Morgan fingerprint density at radius 2 is 2.47 bits per heavy atom. The van der Waals surface area contributed by atoms with Crippen molar-refractivity contribution >= 4 is 17.4 Å². The third kappa shape index (κ3) is 2.61. The molecule has 1 N–H and O–H groups in total. The van der Waals surface area contributed by atoms with Crippen molar-refractivity contribution in [3.63, 3.8) is 0 Å². The van der Waals surface area contributed by atoms with Gasteiger partial charge in [-0.2, -0.15) is 0 Å². The zero-order valence-electron chi connectivity index (χ0n) is 10.1. The van der Waals surface area contributed by atoms with E-state index in [0.29, 0.717) is 0 Å². The molecule has 0 atom stereocenters. The molecule has 2 heterocycles. The largest absolute Gasteiger partial charge is 0.393 e. The van der Waals surface area contributed by atoms with Crippen molar-refractivity contribution in [1.29, 1.82) is 0 Å². The number of amides is 2. The van der Waals surface area contributed by atoms with Crippen LogP contribution in [0.4, 0.5) is 4.79 Å². The Labute approximate surface area is 106 Å². The average molecular weight is 251 g/mol. The summed E-state index contributed by atoms with van der Waals surface area (Å²) in [5.41, 5.74) is 1.29. The van der Waals surface area contributed by atoms with Gasteiger partial charge in [0.25, 0.3) is 0 Å². The third-order valence-corrected chi connectivity index (χ3v) is 3.87. The normalized spacial score (nSPS) is 14.8. The number of fused-ring (bicyclic) bond motifs is 1. The van der Waals surface area contributed by atoms with Crippen LogP contribution in [-0.2, 0) is 13.0 Å². The van der Waals surface area contributed by atoms with Crippen LogP contribution in [0.2, 0.25) is 0 Å². The van der Waals surface area contributed by atoms with Crippen LogP contribution in [0.25, 0.3) is 0 Å². The summed E-state index contributed by atoms with van der Waals surface area (Å²) in [6.07, 6.45) is 4.46. The minimum absolute atomic E-state index is 0.0494. The molecule has 0 fully saturated rings. The van der Waals surface area contributed by atoms with Gasteiger partial charge in [0.1, 0.15) is 0 Å². The minimum atomic E-state index is 0.0494. The molecule has 17 heavy (non-hydrogen) atoms. The van der Waals surface area contributed by atoms with Gasteiger partial charge in [0.05, 0.1) is 0 Å². The van der Waals surface area contributed by atoms with Crippen molar-refractivity contribution in [2.45, 2.75) is 13.0 Å². The lowest BCUT2D eigenvalue weighted by Crippen LogP contribution is -2.41. The number of nitrogens with one attached hydrogen (secondary N) is 1. The Morgan fingerprint density at radius 1 is 1.65 bits per heavy atom. The van der Waals surface area contributed by atoms with Gasteiger partial charge in [0, 0.05) is 44.5 Å². The van der Waals surface area contributed by atoms with E-state index in [1.54, 1.807) is 35.7 Å². The molecule has 0 unspecified atom stereocenters. The van der Waals surface area contributed by atoms with Gasteiger partial charge in [0.15, 0.2) is 0 Å². The molecule has 4 nitrogen and oxygen atoms in total. The van der Waals surface area contributed by atoms with E-state index in [4.69, 9.17) is 0 Å². The molecular formula is C12H17N3OS. The van der Waals surface area contributed by atoms with Crippen LogP contribution in [0, 0.1) is 0 Å². The van der Waals surface area contributed by atoms with E-state index in [1.807, 2.05) is 11.9 Å². The van der Waals surface area contributed by atoms with Crippen molar-refractivity contribution in [1.82, 2.24) is 15.1 Å². The molecule has 5 heteroatoms. The van der Waals surface area contributed by atoms with Crippen molar-refractivity contribution in [2.24, 2.45) is 0 Å². The second-order valence-corrected chi connectivity index (χ2v) is 5.04. The Morgan fingerprint density at radius 3 is 3.24 bits per heavy atom. The van der Waals surface area contributed by atoms with Gasteiger partial charge >= 0.3 is 6.03 Å². The molecular weight excluding hydrogens is 234 g/mol. The van der Waals surface area contributed by atoms with Crippen LogP contribution in [0.1, 0.15) is 10.4 Å². The summed E-state index contributed by atoms with van der Waals surface area (Å²) in [6, 6.07) is 2.16. The van der Waals surface area contributed by atoms with E-state index >= 15 is 0 Å². The molecule has 1 aliphatic heterocycles. The molecule has 1 aromatic heterocycles. The lowest BCUT2D eigenvalue weighted by atomic mass is 10.1. The van der Waals surface area contributed by atoms with Gasteiger partial charge in [-0.3, -0.25) is 0 Å². The molecule has 0 bridgehead atoms. The van der Waals surface area contributed by atoms with Crippen LogP contribution in [0.5, 0.6) is 0 Å². The smallest absolute Gasteiger partial charge is 0.324 e. The van der Waals surface area contributed by atoms with Crippen molar-refractivity contribution in [2.75, 3.05) is 20.6 Å². The number of carbonyl (C=O) groups excluding carboxylic acids is 1. The van der Waals surface area contributed by atoms with Crippen LogP contribution in [0.15, 0.2) is 23.8 Å². The molecule has 1 aromatic rings. The van der Waals surface area contributed by atoms with E-state index in [-0.39, 0.29) is 6.03 Å². The predicted octanol–water partition coefficient (Wildman–Crippen LogP) is 1.85. The zero-order chi connectivity index (χ0) is 12.3. The Balaban J connectivity index is 2.00. The highest BCUT2D eigenvalue weighted by Gasteiger charge is 2.22. The number of hydrogen-bond acceptors (Lipinski definition) is 3. The standard InChI is InChI=1S/C12H17N3OS/c1-13-5-7-14(2)12(16)15-6-3-11-10(9-15)4-8-17-11/h4-5,7-8,13H,3,6,9H2,1-2H3/b7-5-. The van der Waals surface area contributed by atoms with E-state index in [2.05, 4.69) is 16.8 Å². The maximum Gasteiger partial charge on any atom is 0.324 e. The highest BCUT2D eigenvalue weighted by atomic mass is 32.1. The fourth-order valence-corrected chi connectivity index (χ4v) is 2.77. The third-order valence-electron chi connectivity index (χ3n) is 2.84. The van der Waals surface area contributed by atoms with E-state index in [9.17, 15) is 4.79 Å². The summed E-state index contributed by atoms with van der Waals surface area (Å²) in [6.45, 7) is 1.54. The number of hydrogen-bond donors (Lipinski definition) is 1. The molecule has 0 saturated carbocycles. The minimum Gasteiger partial charge on any atom is -0.393 e. The maximum absolute atomic E-state index is 12.1. The predicted molar refractivity (Wildman–Crippen MR) is 69.8 cm³/mol. The first-order valence-corrected chi connectivity index (χ1v) is 6.51. The SMILES string of the molecule is CN/C=C\N(C)C(=O)N1CCc2sccc2C1. The van der Waals surface area contributed by atoms with E-state index in [1.165, 1.54) is 10.4 Å². The maximum atomic E-state index is 12.1. The van der Waals surface area contributed by atoms with Crippen LogP contribution < -0.4 is 5.32 Å². The lowest BCUT2D eigenvalue weighted by Gasteiger charge is -2.29. The number of rotatable bonds is 2. The Kier molecular flexibility index (Phi) is 3.68. The average Bonchev–Trinajstić information content (AvgIpc) is 2.81. The summed E-state index contributed by atoms with van der Waals surface area (Å²) in [5.74, 6) is 0. The van der Waals surface area contributed by atoms with Gasteiger partial charge in [-0.1, -0.05) is 0 Å². The van der Waals surface area contributed by atoms with Gasteiger partial charge < -0.3 is 15.1 Å². The Hall–Kier alpha value is -1.49. The summed E-state index contributed by atoms with van der Waals surface area (Å²) >= 11 is 1.79. The summed E-state index contributed by atoms with van der Waals surface area (Å²) in [5, 5.41) is 4.98. The van der Waals surface area contributed by atoms with E-state index in [0.717, 1.165) is 19.5 Å². The molecule has 0 aliphatic carbocycles. The summed E-state index contributed by atoms with van der Waals surface area (Å²) in [4.78, 5) is 17.0. The highest BCUT2D eigenvalue weighted by Crippen LogP contribution is 2.24. The number of urea groups is 1. The topological polar surface area (TPSA) is 35.6 Å². The number of thiophene rings is 1. The van der Waals surface area contributed by atoms with Crippen LogP contribution in [-0.4, -0.2) is 36.5 Å². The monoisotopic (exact) mass is 251 g/mol. The summed E-state index contributed by atoms with van der Waals surface area (Å²) < 4.78 is 0. The molecule has 0 saturated heterocycles. The second-order valence-electron chi connectivity index (χ2n) is 4.04. The first-order valence-electron chi connectivity index (χ1n) is 5.63. The number of nitrogens with zero attached hydrogens (tertiary/aromatic N) is 2. The van der Waals surface area contributed by atoms with Gasteiger partial charge in [-0.25, -0.2) is 4.79 Å². The van der Waals surface area contributed by atoms with Crippen molar-refractivity contribution < 1.29 is 4.79 Å². The van der Waals surface area contributed by atoms with Crippen molar-refractivity contribution in [3.8, 4) is 0 Å². The molecule has 2 rings (SSSR count). The van der Waals surface area contributed by atoms with Crippen molar-refractivity contribution in [3.05, 3.63) is 34.3 Å². The number of carbonyl (C=O) groups is 1. The first-order chi connectivity index (χ1) is 8.22. The molecule has 2 amide bonds. The lowest BCUT2D eigenvalue weighted by molar-refractivity contribution is 0.171.